The highest BCUT2D eigenvalue weighted by Gasteiger charge is 2.17. The lowest BCUT2D eigenvalue weighted by atomic mass is 9.92. The van der Waals surface area contributed by atoms with Crippen molar-refractivity contribution in [2.24, 2.45) is 5.92 Å². The van der Waals surface area contributed by atoms with Gasteiger partial charge in [0.15, 0.2) is 0 Å². The van der Waals surface area contributed by atoms with Crippen LogP contribution in [0.1, 0.15) is 50.3 Å². The van der Waals surface area contributed by atoms with E-state index in [1.807, 2.05) is 7.05 Å². The number of ether oxygens (including phenoxy) is 1. The molecule has 2 heteroatoms. The van der Waals surface area contributed by atoms with Crippen LogP contribution in [-0.4, -0.2) is 14.2 Å². The van der Waals surface area contributed by atoms with E-state index in [1.54, 1.807) is 7.11 Å². The second kappa shape index (κ2) is 7.42. The molecule has 0 heterocycles. The Morgan fingerprint density at radius 3 is 2.61 bits per heavy atom. The van der Waals surface area contributed by atoms with Gasteiger partial charge in [0.1, 0.15) is 5.75 Å². The van der Waals surface area contributed by atoms with Crippen LogP contribution in [0.2, 0.25) is 0 Å². The summed E-state index contributed by atoms with van der Waals surface area (Å²) in [6, 6.07) is 6.84. The SMILES string of the molecule is CCCC(C)CC(NC)c1ccc(C)cc1OC. The molecule has 1 N–H and O–H groups in total. The monoisotopic (exact) mass is 249 g/mol. The highest BCUT2D eigenvalue weighted by molar-refractivity contribution is 5.39. The third-order valence-electron chi connectivity index (χ3n) is 3.53. The predicted octanol–water partition coefficient (Wildman–Crippen LogP) is 4.09. The van der Waals surface area contributed by atoms with Crippen LogP contribution in [-0.2, 0) is 0 Å². The number of hydrogen-bond acceptors (Lipinski definition) is 2. The molecule has 18 heavy (non-hydrogen) atoms. The van der Waals surface area contributed by atoms with Gasteiger partial charge in [-0.2, -0.15) is 0 Å². The number of rotatable bonds is 7. The topological polar surface area (TPSA) is 21.3 Å². The Balaban J connectivity index is 2.87. The lowest BCUT2D eigenvalue weighted by molar-refractivity contribution is 0.375. The molecular weight excluding hydrogens is 222 g/mol. The van der Waals surface area contributed by atoms with E-state index in [0.29, 0.717) is 6.04 Å². The Hall–Kier alpha value is -1.02. The van der Waals surface area contributed by atoms with Gasteiger partial charge in [-0.15, -0.1) is 0 Å². The molecule has 0 aliphatic rings. The summed E-state index contributed by atoms with van der Waals surface area (Å²) in [6.45, 7) is 6.67. The maximum Gasteiger partial charge on any atom is 0.123 e. The van der Waals surface area contributed by atoms with Crippen LogP contribution >= 0.6 is 0 Å². The summed E-state index contributed by atoms with van der Waals surface area (Å²) in [5.41, 5.74) is 2.51. The van der Waals surface area contributed by atoms with Gasteiger partial charge in [0.05, 0.1) is 7.11 Å². The zero-order valence-electron chi connectivity index (χ0n) is 12.4. The van der Waals surface area contributed by atoms with Crippen LogP contribution < -0.4 is 10.1 Å². The second-order valence-corrected chi connectivity index (χ2v) is 5.22. The summed E-state index contributed by atoms with van der Waals surface area (Å²) in [7, 11) is 3.78. The molecule has 1 aromatic rings. The summed E-state index contributed by atoms with van der Waals surface area (Å²) in [5.74, 6) is 1.73. The molecule has 0 saturated heterocycles. The number of methoxy groups -OCH3 is 1. The molecule has 0 aromatic heterocycles. The van der Waals surface area contributed by atoms with E-state index in [-0.39, 0.29) is 0 Å². The highest BCUT2D eigenvalue weighted by atomic mass is 16.5. The molecule has 2 unspecified atom stereocenters. The van der Waals surface area contributed by atoms with Crippen molar-refractivity contribution >= 4 is 0 Å². The zero-order valence-corrected chi connectivity index (χ0v) is 12.4. The summed E-state index contributed by atoms with van der Waals surface area (Å²) in [5, 5.41) is 3.42. The molecular formula is C16H27NO. The van der Waals surface area contributed by atoms with Crippen LogP contribution in [0.3, 0.4) is 0 Å². The number of nitrogens with one attached hydrogen (secondary N) is 1. The first-order valence-electron chi connectivity index (χ1n) is 6.94. The van der Waals surface area contributed by atoms with Crippen LogP contribution in [0.25, 0.3) is 0 Å². The van der Waals surface area contributed by atoms with Crippen LogP contribution in [0, 0.1) is 12.8 Å². The van der Waals surface area contributed by atoms with Gasteiger partial charge in [-0.05, 0) is 37.9 Å². The minimum absolute atomic E-state index is 0.377. The first-order valence-corrected chi connectivity index (χ1v) is 6.94. The van der Waals surface area contributed by atoms with Crippen molar-refractivity contribution in [1.82, 2.24) is 5.32 Å². The fourth-order valence-electron chi connectivity index (χ4n) is 2.52. The molecule has 2 nitrogen and oxygen atoms in total. The molecule has 0 aliphatic heterocycles. The van der Waals surface area contributed by atoms with Crippen molar-refractivity contribution in [3.63, 3.8) is 0 Å². The molecule has 0 bridgehead atoms. The fraction of sp³-hybridized carbons (Fsp3) is 0.625. The summed E-state index contributed by atoms with van der Waals surface area (Å²) in [6.07, 6.45) is 3.69. The number of aryl methyl sites for hydroxylation is 1. The predicted molar refractivity (Wildman–Crippen MR) is 78.2 cm³/mol. The fourth-order valence-corrected chi connectivity index (χ4v) is 2.52. The third-order valence-corrected chi connectivity index (χ3v) is 3.53. The maximum atomic E-state index is 5.51. The normalized spacial score (nSPS) is 14.3. The van der Waals surface area contributed by atoms with Crippen molar-refractivity contribution in [1.29, 1.82) is 0 Å². The average Bonchev–Trinajstić information content (AvgIpc) is 2.36. The number of hydrogen-bond donors (Lipinski definition) is 1. The van der Waals surface area contributed by atoms with Crippen LogP contribution in [0.4, 0.5) is 0 Å². The van der Waals surface area contributed by atoms with Gasteiger partial charge in [0, 0.05) is 11.6 Å². The van der Waals surface area contributed by atoms with Crippen molar-refractivity contribution in [3.05, 3.63) is 29.3 Å². The summed E-state index contributed by atoms with van der Waals surface area (Å²) >= 11 is 0. The van der Waals surface area contributed by atoms with E-state index in [9.17, 15) is 0 Å². The molecule has 1 rings (SSSR count). The van der Waals surface area contributed by atoms with Gasteiger partial charge in [-0.3, -0.25) is 0 Å². The maximum absolute atomic E-state index is 5.51. The standard InChI is InChI=1S/C16H27NO/c1-6-7-12(2)10-15(17-4)14-9-8-13(3)11-16(14)18-5/h8-9,11-12,15,17H,6-7,10H2,1-5H3. The first-order chi connectivity index (χ1) is 8.62. The van der Waals surface area contributed by atoms with Gasteiger partial charge < -0.3 is 10.1 Å². The summed E-state index contributed by atoms with van der Waals surface area (Å²) in [4.78, 5) is 0. The van der Waals surface area contributed by atoms with Crippen molar-refractivity contribution in [3.8, 4) is 5.75 Å². The van der Waals surface area contributed by atoms with E-state index < -0.39 is 0 Å². The van der Waals surface area contributed by atoms with Crippen LogP contribution in [0.15, 0.2) is 18.2 Å². The molecule has 0 radical (unpaired) electrons. The average molecular weight is 249 g/mol. The Morgan fingerprint density at radius 2 is 2.06 bits per heavy atom. The smallest absolute Gasteiger partial charge is 0.123 e. The minimum Gasteiger partial charge on any atom is -0.496 e. The largest absolute Gasteiger partial charge is 0.496 e. The molecule has 0 aliphatic carbocycles. The second-order valence-electron chi connectivity index (χ2n) is 5.22. The Kier molecular flexibility index (Phi) is 6.20. The molecule has 0 spiro atoms. The molecule has 102 valence electrons. The minimum atomic E-state index is 0.377. The lowest BCUT2D eigenvalue weighted by Crippen LogP contribution is -2.19. The van der Waals surface area contributed by atoms with E-state index in [4.69, 9.17) is 4.74 Å². The van der Waals surface area contributed by atoms with Gasteiger partial charge in [0.25, 0.3) is 0 Å². The quantitative estimate of drug-likeness (QED) is 0.786. The van der Waals surface area contributed by atoms with Crippen molar-refractivity contribution in [2.75, 3.05) is 14.2 Å². The highest BCUT2D eigenvalue weighted by Crippen LogP contribution is 2.31. The summed E-state index contributed by atoms with van der Waals surface area (Å²) < 4.78 is 5.51. The zero-order chi connectivity index (χ0) is 13.5. The van der Waals surface area contributed by atoms with E-state index in [1.165, 1.54) is 24.0 Å². The number of benzene rings is 1. The molecule has 0 saturated carbocycles. The Bertz CT molecular complexity index is 362. The van der Waals surface area contributed by atoms with Gasteiger partial charge >= 0.3 is 0 Å². The Morgan fingerprint density at radius 1 is 1.33 bits per heavy atom. The van der Waals surface area contributed by atoms with Crippen molar-refractivity contribution in [2.45, 2.75) is 46.1 Å². The van der Waals surface area contributed by atoms with Gasteiger partial charge in [-0.25, -0.2) is 0 Å². The van der Waals surface area contributed by atoms with Crippen molar-refractivity contribution < 1.29 is 4.74 Å². The van der Waals surface area contributed by atoms with Gasteiger partial charge in [0.2, 0.25) is 0 Å². The Labute approximate surface area is 112 Å². The third kappa shape index (κ3) is 4.02. The van der Waals surface area contributed by atoms with Crippen LogP contribution in [0.5, 0.6) is 5.75 Å². The molecule has 0 amide bonds. The molecule has 0 fully saturated rings. The molecule has 1 aromatic carbocycles. The lowest BCUT2D eigenvalue weighted by Gasteiger charge is -2.23. The molecule has 2 atom stereocenters. The van der Waals surface area contributed by atoms with E-state index in [0.717, 1.165) is 18.1 Å². The first kappa shape index (κ1) is 15.0. The van der Waals surface area contributed by atoms with Gasteiger partial charge in [-0.1, -0.05) is 38.8 Å². The van der Waals surface area contributed by atoms with E-state index in [2.05, 4.69) is 44.3 Å². The van der Waals surface area contributed by atoms with E-state index >= 15 is 0 Å².